The lowest BCUT2D eigenvalue weighted by molar-refractivity contribution is -0.114. The fourth-order valence-electron chi connectivity index (χ4n) is 2.78. The zero-order valence-corrected chi connectivity index (χ0v) is 16.6. The molecule has 0 radical (unpaired) electrons. The molecular formula is C23H21N3O4. The first kappa shape index (κ1) is 20.6. The first-order chi connectivity index (χ1) is 14.5. The van der Waals surface area contributed by atoms with Gasteiger partial charge in [0.05, 0.1) is 12.8 Å². The molecule has 3 rings (SSSR count). The van der Waals surface area contributed by atoms with Crippen LogP contribution in [0.3, 0.4) is 0 Å². The van der Waals surface area contributed by atoms with E-state index in [-0.39, 0.29) is 17.7 Å². The van der Waals surface area contributed by atoms with Crippen molar-refractivity contribution in [1.29, 1.82) is 0 Å². The number of methoxy groups -OCH3 is 1. The van der Waals surface area contributed by atoms with Crippen LogP contribution in [-0.4, -0.2) is 24.8 Å². The highest BCUT2D eigenvalue weighted by Crippen LogP contribution is 2.28. The van der Waals surface area contributed by atoms with E-state index in [1.807, 2.05) is 6.07 Å². The number of ether oxygens (including phenoxy) is 1. The van der Waals surface area contributed by atoms with Gasteiger partial charge in [-0.2, -0.15) is 0 Å². The Morgan fingerprint density at radius 2 is 1.30 bits per heavy atom. The van der Waals surface area contributed by atoms with E-state index in [0.29, 0.717) is 33.9 Å². The number of carbonyl (C=O) groups is 3. The topological polar surface area (TPSA) is 96.5 Å². The molecule has 3 aromatic carbocycles. The second-order valence-electron chi connectivity index (χ2n) is 6.45. The van der Waals surface area contributed by atoms with E-state index in [2.05, 4.69) is 16.0 Å². The highest BCUT2D eigenvalue weighted by molar-refractivity contribution is 6.07. The summed E-state index contributed by atoms with van der Waals surface area (Å²) in [6, 6.07) is 20.3. The van der Waals surface area contributed by atoms with Gasteiger partial charge in [-0.15, -0.1) is 0 Å². The van der Waals surface area contributed by atoms with Crippen molar-refractivity contribution in [2.75, 3.05) is 23.1 Å². The van der Waals surface area contributed by atoms with Crippen LogP contribution >= 0.6 is 0 Å². The Balaban J connectivity index is 1.70. The minimum atomic E-state index is -0.353. The maximum atomic E-state index is 12.6. The van der Waals surface area contributed by atoms with Gasteiger partial charge in [-0.05, 0) is 54.6 Å². The molecule has 152 valence electrons. The van der Waals surface area contributed by atoms with Crippen LogP contribution in [0.25, 0.3) is 0 Å². The highest BCUT2D eigenvalue weighted by atomic mass is 16.5. The minimum Gasteiger partial charge on any atom is -0.495 e. The monoisotopic (exact) mass is 403 g/mol. The summed E-state index contributed by atoms with van der Waals surface area (Å²) in [6.45, 7) is 1.40. The Morgan fingerprint density at radius 3 is 1.93 bits per heavy atom. The highest BCUT2D eigenvalue weighted by Gasteiger charge is 2.12. The van der Waals surface area contributed by atoms with Gasteiger partial charge < -0.3 is 20.7 Å². The second-order valence-corrected chi connectivity index (χ2v) is 6.45. The third-order valence-corrected chi connectivity index (χ3v) is 4.21. The normalized spacial score (nSPS) is 10.1. The molecule has 30 heavy (non-hydrogen) atoms. The lowest BCUT2D eigenvalue weighted by Crippen LogP contribution is -2.14. The maximum absolute atomic E-state index is 12.6. The Labute approximate surface area is 174 Å². The minimum absolute atomic E-state index is 0.217. The van der Waals surface area contributed by atoms with Gasteiger partial charge in [0, 0.05) is 29.4 Å². The fourth-order valence-corrected chi connectivity index (χ4v) is 2.78. The van der Waals surface area contributed by atoms with Gasteiger partial charge in [-0.1, -0.05) is 18.2 Å². The summed E-state index contributed by atoms with van der Waals surface area (Å²) < 4.78 is 5.27. The van der Waals surface area contributed by atoms with Gasteiger partial charge in [0.1, 0.15) is 5.75 Å². The lowest BCUT2D eigenvalue weighted by Gasteiger charge is -2.13. The number of hydrogen-bond acceptors (Lipinski definition) is 4. The molecule has 0 spiro atoms. The molecule has 7 heteroatoms. The van der Waals surface area contributed by atoms with E-state index in [9.17, 15) is 14.4 Å². The van der Waals surface area contributed by atoms with E-state index in [4.69, 9.17) is 4.74 Å². The third-order valence-electron chi connectivity index (χ3n) is 4.21. The zero-order chi connectivity index (χ0) is 21.5. The summed E-state index contributed by atoms with van der Waals surface area (Å²) in [5.41, 5.74) is 2.49. The molecule has 0 aliphatic heterocycles. The summed E-state index contributed by atoms with van der Waals surface area (Å²) in [7, 11) is 1.49. The van der Waals surface area contributed by atoms with Crippen LogP contribution in [0.4, 0.5) is 17.1 Å². The number of benzene rings is 3. The predicted octanol–water partition coefficient (Wildman–Crippen LogP) is 4.16. The molecule has 0 saturated carbocycles. The van der Waals surface area contributed by atoms with Crippen LogP contribution in [0.5, 0.6) is 5.75 Å². The average molecular weight is 403 g/mol. The predicted molar refractivity (Wildman–Crippen MR) is 116 cm³/mol. The third kappa shape index (κ3) is 5.23. The van der Waals surface area contributed by atoms with Gasteiger partial charge in [0.2, 0.25) is 5.91 Å². The van der Waals surface area contributed by atoms with E-state index in [1.165, 1.54) is 14.0 Å². The standard InChI is InChI=1S/C23H21N3O4/c1-15(27)24-19-12-13-21(30-2)20(14-19)26-23(29)17-8-10-18(11-9-17)25-22(28)16-6-4-3-5-7-16/h3-14H,1-2H3,(H,24,27)(H,25,28)(H,26,29). The average Bonchev–Trinajstić information content (AvgIpc) is 2.74. The van der Waals surface area contributed by atoms with Crippen LogP contribution in [0, 0.1) is 0 Å². The number of nitrogens with one attached hydrogen (secondary N) is 3. The fraction of sp³-hybridized carbons (Fsp3) is 0.0870. The Kier molecular flexibility index (Phi) is 6.44. The van der Waals surface area contributed by atoms with Gasteiger partial charge in [-0.25, -0.2) is 0 Å². The van der Waals surface area contributed by atoms with Crippen molar-refractivity contribution >= 4 is 34.8 Å². The van der Waals surface area contributed by atoms with Crippen LogP contribution < -0.4 is 20.7 Å². The number of hydrogen-bond donors (Lipinski definition) is 3. The molecule has 0 atom stereocenters. The molecule has 3 N–H and O–H groups in total. The summed E-state index contributed by atoms with van der Waals surface area (Å²) in [4.78, 5) is 36.1. The molecule has 3 aromatic rings. The molecule has 0 heterocycles. The molecule has 7 nitrogen and oxygen atoms in total. The van der Waals surface area contributed by atoms with Gasteiger partial charge in [0.15, 0.2) is 0 Å². The molecule has 0 fully saturated rings. The molecule has 3 amide bonds. The molecule has 0 bridgehead atoms. The van der Waals surface area contributed by atoms with Crippen molar-refractivity contribution in [2.45, 2.75) is 6.92 Å². The molecule has 0 aliphatic carbocycles. The Bertz CT molecular complexity index is 1060. The van der Waals surface area contributed by atoms with Crippen molar-refractivity contribution in [3.05, 3.63) is 83.9 Å². The van der Waals surface area contributed by atoms with Crippen molar-refractivity contribution in [3.8, 4) is 5.75 Å². The SMILES string of the molecule is COc1ccc(NC(C)=O)cc1NC(=O)c1ccc(NC(=O)c2ccccc2)cc1. The van der Waals surface area contributed by atoms with Crippen molar-refractivity contribution in [3.63, 3.8) is 0 Å². The van der Waals surface area contributed by atoms with E-state index < -0.39 is 0 Å². The number of anilines is 3. The molecular weight excluding hydrogens is 382 g/mol. The Morgan fingerprint density at radius 1 is 0.700 bits per heavy atom. The van der Waals surface area contributed by atoms with E-state index in [1.54, 1.807) is 66.7 Å². The molecule has 0 unspecified atom stereocenters. The summed E-state index contributed by atoms with van der Waals surface area (Å²) in [6.07, 6.45) is 0. The smallest absolute Gasteiger partial charge is 0.255 e. The second kappa shape index (κ2) is 9.38. The molecule has 0 aromatic heterocycles. The van der Waals surface area contributed by atoms with Gasteiger partial charge in [-0.3, -0.25) is 14.4 Å². The van der Waals surface area contributed by atoms with E-state index in [0.717, 1.165) is 0 Å². The number of amides is 3. The molecule has 0 aliphatic rings. The van der Waals surface area contributed by atoms with Gasteiger partial charge >= 0.3 is 0 Å². The summed E-state index contributed by atoms with van der Waals surface area (Å²) >= 11 is 0. The Hall–Kier alpha value is -4.13. The summed E-state index contributed by atoms with van der Waals surface area (Å²) in [5, 5.41) is 8.22. The van der Waals surface area contributed by atoms with Crippen LogP contribution in [0.15, 0.2) is 72.8 Å². The van der Waals surface area contributed by atoms with Crippen molar-refractivity contribution in [2.24, 2.45) is 0 Å². The number of rotatable bonds is 6. The van der Waals surface area contributed by atoms with Crippen LogP contribution in [0.2, 0.25) is 0 Å². The first-order valence-corrected chi connectivity index (χ1v) is 9.19. The zero-order valence-electron chi connectivity index (χ0n) is 16.6. The largest absolute Gasteiger partial charge is 0.495 e. The van der Waals surface area contributed by atoms with Gasteiger partial charge in [0.25, 0.3) is 11.8 Å². The van der Waals surface area contributed by atoms with E-state index >= 15 is 0 Å². The van der Waals surface area contributed by atoms with Crippen molar-refractivity contribution < 1.29 is 19.1 Å². The quantitative estimate of drug-likeness (QED) is 0.576. The van der Waals surface area contributed by atoms with Crippen LogP contribution in [-0.2, 0) is 4.79 Å². The van der Waals surface area contributed by atoms with Crippen molar-refractivity contribution in [1.82, 2.24) is 0 Å². The summed E-state index contributed by atoms with van der Waals surface area (Å²) in [5.74, 6) is -0.337. The van der Waals surface area contributed by atoms with Crippen LogP contribution in [0.1, 0.15) is 27.6 Å². The first-order valence-electron chi connectivity index (χ1n) is 9.19. The molecule has 0 saturated heterocycles. The maximum Gasteiger partial charge on any atom is 0.255 e. The number of carbonyl (C=O) groups excluding carboxylic acids is 3. The lowest BCUT2D eigenvalue weighted by atomic mass is 10.1.